The molecule has 1 unspecified atom stereocenters. The Balaban J connectivity index is 1.75. The lowest BCUT2D eigenvalue weighted by Gasteiger charge is -2.28. The molecular weight excluding hydrogens is 248 g/mol. The van der Waals surface area contributed by atoms with E-state index in [2.05, 4.69) is 16.4 Å². The van der Waals surface area contributed by atoms with Gasteiger partial charge in [0.1, 0.15) is 5.82 Å². The quantitative estimate of drug-likeness (QED) is 0.900. The molecule has 2 aromatic rings. The van der Waals surface area contributed by atoms with Gasteiger partial charge in [-0.3, -0.25) is 4.79 Å². The molecule has 1 aromatic heterocycles. The number of pyridine rings is 1. The molecular formula is C14H11ClN2O. The van der Waals surface area contributed by atoms with Crippen LogP contribution in [0, 0.1) is 0 Å². The van der Waals surface area contributed by atoms with Crippen molar-refractivity contribution in [3.63, 3.8) is 0 Å². The van der Waals surface area contributed by atoms with E-state index in [1.54, 1.807) is 18.3 Å². The van der Waals surface area contributed by atoms with Crippen molar-refractivity contribution < 1.29 is 4.79 Å². The van der Waals surface area contributed by atoms with Crippen molar-refractivity contribution in [3.05, 3.63) is 58.7 Å². The lowest BCUT2D eigenvalue weighted by molar-refractivity contribution is -0.118. The molecule has 1 aliphatic rings. The highest BCUT2D eigenvalue weighted by atomic mass is 35.5. The van der Waals surface area contributed by atoms with E-state index in [1.165, 1.54) is 5.56 Å². The molecule has 1 amide bonds. The van der Waals surface area contributed by atoms with Gasteiger partial charge in [-0.05, 0) is 29.7 Å². The Morgan fingerprint density at radius 3 is 2.94 bits per heavy atom. The number of nitrogens with one attached hydrogen (secondary N) is 1. The fraction of sp³-hybridized carbons (Fsp3) is 0.143. The second kappa shape index (κ2) is 4.42. The normalized spacial score (nSPS) is 16.6. The lowest BCUT2D eigenvalue weighted by Crippen LogP contribution is -2.30. The molecule has 1 atom stereocenters. The van der Waals surface area contributed by atoms with Crippen LogP contribution in [0.15, 0.2) is 42.6 Å². The van der Waals surface area contributed by atoms with Crippen LogP contribution in [0.3, 0.4) is 0 Å². The summed E-state index contributed by atoms with van der Waals surface area (Å²) in [6.45, 7) is 0. The third kappa shape index (κ3) is 1.97. The monoisotopic (exact) mass is 258 g/mol. The molecule has 0 saturated carbocycles. The van der Waals surface area contributed by atoms with Crippen LogP contribution in [-0.4, -0.2) is 10.9 Å². The van der Waals surface area contributed by atoms with Crippen molar-refractivity contribution in [3.8, 4) is 0 Å². The largest absolute Gasteiger partial charge is 0.310 e. The molecule has 0 saturated heterocycles. The van der Waals surface area contributed by atoms with E-state index in [9.17, 15) is 4.79 Å². The highest BCUT2D eigenvalue weighted by Crippen LogP contribution is 2.35. The van der Waals surface area contributed by atoms with E-state index in [0.29, 0.717) is 10.8 Å². The van der Waals surface area contributed by atoms with Crippen molar-refractivity contribution in [1.29, 1.82) is 0 Å². The van der Waals surface area contributed by atoms with Gasteiger partial charge in [0.15, 0.2) is 0 Å². The number of aromatic nitrogens is 1. The average Bonchev–Trinajstić information content (AvgIpc) is 2.30. The first-order chi connectivity index (χ1) is 8.74. The minimum Gasteiger partial charge on any atom is -0.310 e. The summed E-state index contributed by atoms with van der Waals surface area (Å²) in [7, 11) is 0. The first kappa shape index (κ1) is 11.2. The predicted octanol–water partition coefficient (Wildman–Crippen LogP) is 3.01. The number of carbonyl (C=O) groups is 1. The number of anilines is 1. The summed E-state index contributed by atoms with van der Waals surface area (Å²) in [6, 6.07) is 11.3. The Labute approximate surface area is 110 Å². The number of rotatable bonds is 2. The summed E-state index contributed by atoms with van der Waals surface area (Å²) in [5, 5.41) is 3.36. The lowest BCUT2D eigenvalue weighted by atomic mass is 9.77. The smallest absolute Gasteiger partial charge is 0.233 e. The topological polar surface area (TPSA) is 42.0 Å². The molecule has 3 nitrogen and oxygen atoms in total. The fourth-order valence-electron chi connectivity index (χ4n) is 2.18. The number of halogens is 1. The van der Waals surface area contributed by atoms with E-state index in [0.717, 1.165) is 12.0 Å². The number of amides is 1. The van der Waals surface area contributed by atoms with Gasteiger partial charge in [0.05, 0.1) is 5.92 Å². The van der Waals surface area contributed by atoms with Gasteiger partial charge in [-0.25, -0.2) is 4.98 Å². The Morgan fingerprint density at radius 2 is 2.17 bits per heavy atom. The zero-order chi connectivity index (χ0) is 12.5. The fourth-order valence-corrected chi connectivity index (χ4v) is 2.34. The van der Waals surface area contributed by atoms with E-state index in [1.807, 2.05) is 18.2 Å². The molecule has 0 radical (unpaired) electrons. The van der Waals surface area contributed by atoms with Gasteiger partial charge in [-0.15, -0.1) is 0 Å². The van der Waals surface area contributed by atoms with Gasteiger partial charge < -0.3 is 5.32 Å². The molecule has 0 aliphatic heterocycles. The molecule has 1 N–H and O–H groups in total. The van der Waals surface area contributed by atoms with E-state index in [-0.39, 0.29) is 11.8 Å². The maximum atomic E-state index is 12.1. The van der Waals surface area contributed by atoms with Gasteiger partial charge >= 0.3 is 0 Å². The summed E-state index contributed by atoms with van der Waals surface area (Å²) in [4.78, 5) is 16.1. The van der Waals surface area contributed by atoms with Crippen molar-refractivity contribution in [2.75, 3.05) is 5.32 Å². The first-order valence-corrected chi connectivity index (χ1v) is 6.12. The minimum absolute atomic E-state index is 0.0246. The van der Waals surface area contributed by atoms with Gasteiger partial charge in [0, 0.05) is 11.2 Å². The average molecular weight is 259 g/mol. The van der Waals surface area contributed by atoms with E-state index in [4.69, 9.17) is 11.6 Å². The van der Waals surface area contributed by atoms with Crippen LogP contribution in [0.1, 0.15) is 17.0 Å². The predicted molar refractivity (Wildman–Crippen MR) is 70.8 cm³/mol. The number of hydrogen-bond donors (Lipinski definition) is 1. The number of nitrogens with zero attached hydrogens (tertiary/aromatic N) is 1. The van der Waals surface area contributed by atoms with Crippen LogP contribution in [0.4, 0.5) is 5.82 Å². The third-order valence-electron chi connectivity index (χ3n) is 3.14. The van der Waals surface area contributed by atoms with Crippen molar-refractivity contribution in [2.24, 2.45) is 0 Å². The summed E-state index contributed by atoms with van der Waals surface area (Å²) in [6.07, 6.45) is 2.37. The highest BCUT2D eigenvalue weighted by molar-refractivity contribution is 6.30. The highest BCUT2D eigenvalue weighted by Gasteiger charge is 2.31. The van der Waals surface area contributed by atoms with Crippen LogP contribution in [0.25, 0.3) is 0 Å². The molecule has 0 spiro atoms. The van der Waals surface area contributed by atoms with Gasteiger partial charge in [-0.2, -0.15) is 0 Å². The van der Waals surface area contributed by atoms with Crippen molar-refractivity contribution in [1.82, 2.24) is 4.98 Å². The van der Waals surface area contributed by atoms with Gasteiger partial charge in [0.2, 0.25) is 5.91 Å². The number of carbonyl (C=O) groups excluding carboxylic acids is 1. The van der Waals surface area contributed by atoms with Crippen molar-refractivity contribution >= 4 is 23.3 Å². The number of benzene rings is 1. The Hall–Kier alpha value is -1.87. The molecule has 18 heavy (non-hydrogen) atoms. The Kier molecular flexibility index (Phi) is 2.76. The molecule has 0 fully saturated rings. The summed E-state index contributed by atoms with van der Waals surface area (Å²) in [5.41, 5.74) is 2.36. The molecule has 4 heteroatoms. The SMILES string of the molecule is O=C(Nc1cc(Cl)ccn1)C1Cc2ccccc21. The van der Waals surface area contributed by atoms with Gasteiger partial charge in [0.25, 0.3) is 0 Å². The second-order valence-corrected chi connectivity index (χ2v) is 4.74. The molecule has 1 heterocycles. The summed E-state index contributed by atoms with van der Waals surface area (Å²) < 4.78 is 0. The first-order valence-electron chi connectivity index (χ1n) is 5.74. The maximum Gasteiger partial charge on any atom is 0.233 e. The van der Waals surface area contributed by atoms with Crippen LogP contribution in [-0.2, 0) is 11.2 Å². The maximum absolute atomic E-state index is 12.1. The standard InChI is InChI=1S/C14H11ClN2O/c15-10-5-6-16-13(8-10)17-14(18)12-7-9-3-1-2-4-11(9)12/h1-6,8,12H,7H2,(H,16,17,18). The number of fused-ring (bicyclic) bond motifs is 1. The molecule has 1 aromatic carbocycles. The van der Waals surface area contributed by atoms with E-state index < -0.39 is 0 Å². The Bertz CT molecular complexity index is 612. The zero-order valence-electron chi connectivity index (χ0n) is 9.56. The zero-order valence-corrected chi connectivity index (χ0v) is 10.3. The van der Waals surface area contributed by atoms with E-state index >= 15 is 0 Å². The molecule has 3 rings (SSSR count). The van der Waals surface area contributed by atoms with Crippen molar-refractivity contribution in [2.45, 2.75) is 12.3 Å². The summed E-state index contributed by atoms with van der Waals surface area (Å²) >= 11 is 5.85. The van der Waals surface area contributed by atoms with Crippen LogP contribution in [0.2, 0.25) is 5.02 Å². The second-order valence-electron chi connectivity index (χ2n) is 4.30. The van der Waals surface area contributed by atoms with Crippen LogP contribution < -0.4 is 5.32 Å². The minimum atomic E-state index is -0.0676. The Morgan fingerprint density at radius 1 is 1.33 bits per heavy atom. The van der Waals surface area contributed by atoms with Gasteiger partial charge in [-0.1, -0.05) is 35.9 Å². The molecule has 1 aliphatic carbocycles. The molecule has 90 valence electrons. The third-order valence-corrected chi connectivity index (χ3v) is 3.38. The number of hydrogen-bond acceptors (Lipinski definition) is 2. The van der Waals surface area contributed by atoms with Crippen LogP contribution >= 0.6 is 11.6 Å². The summed E-state index contributed by atoms with van der Waals surface area (Å²) in [5.74, 6) is 0.405. The van der Waals surface area contributed by atoms with Crippen LogP contribution in [0.5, 0.6) is 0 Å². The molecule has 0 bridgehead atoms.